The van der Waals surface area contributed by atoms with Crippen molar-refractivity contribution in [2.75, 3.05) is 38.1 Å². The molecule has 1 saturated carbocycles. The van der Waals surface area contributed by atoms with E-state index in [1.54, 1.807) is 7.05 Å². The summed E-state index contributed by atoms with van der Waals surface area (Å²) < 4.78 is 0. The molecule has 118 valence electrons. The minimum Gasteiger partial charge on any atom is -0.368 e. The van der Waals surface area contributed by atoms with Crippen LogP contribution in [0.15, 0.2) is 40.6 Å². The van der Waals surface area contributed by atoms with E-state index in [2.05, 4.69) is 39.4 Å². The summed E-state index contributed by atoms with van der Waals surface area (Å²) >= 11 is 0. The van der Waals surface area contributed by atoms with E-state index in [9.17, 15) is 4.79 Å². The first-order valence-electron chi connectivity index (χ1n) is 8.15. The fourth-order valence-electron chi connectivity index (χ4n) is 3.53. The maximum Gasteiger partial charge on any atom is 0.225 e. The first-order valence-corrected chi connectivity index (χ1v) is 8.15. The molecule has 2 fully saturated rings. The van der Waals surface area contributed by atoms with Crippen molar-refractivity contribution in [1.82, 2.24) is 4.90 Å². The Labute approximate surface area is 132 Å². The summed E-state index contributed by atoms with van der Waals surface area (Å²) in [5, 5.41) is 8.06. The fraction of sp³-hybridized carbons (Fsp3) is 0.588. The van der Waals surface area contributed by atoms with Gasteiger partial charge in [-0.05, 0) is 31.4 Å². The third kappa shape index (κ3) is 3.29. The van der Waals surface area contributed by atoms with Gasteiger partial charge in [0, 0.05) is 44.8 Å². The molecule has 0 N–H and O–H groups in total. The number of carbonyl (C=O) groups is 1. The first-order chi connectivity index (χ1) is 10.8. The maximum atomic E-state index is 12.6. The second-order valence-electron chi connectivity index (χ2n) is 6.13. The van der Waals surface area contributed by atoms with Crippen LogP contribution in [0.25, 0.3) is 0 Å². The Hall–Kier alpha value is -1.91. The van der Waals surface area contributed by atoms with Gasteiger partial charge in [-0.2, -0.15) is 10.2 Å². The molecular weight excluding hydrogens is 276 g/mol. The Bertz CT molecular complexity index is 523. The van der Waals surface area contributed by atoms with E-state index >= 15 is 0 Å². The lowest BCUT2D eigenvalue weighted by Gasteiger charge is -2.37. The van der Waals surface area contributed by atoms with Gasteiger partial charge in [0.25, 0.3) is 0 Å². The Morgan fingerprint density at radius 1 is 1.09 bits per heavy atom. The van der Waals surface area contributed by atoms with Gasteiger partial charge in [0.15, 0.2) is 0 Å². The second kappa shape index (κ2) is 6.90. The third-order valence-corrected chi connectivity index (χ3v) is 4.75. The number of piperazine rings is 1. The van der Waals surface area contributed by atoms with Crippen LogP contribution in [0.5, 0.6) is 0 Å². The highest BCUT2D eigenvalue weighted by Crippen LogP contribution is 2.30. The van der Waals surface area contributed by atoms with E-state index in [0.717, 1.165) is 45.4 Å². The van der Waals surface area contributed by atoms with Crippen molar-refractivity contribution in [3.05, 3.63) is 30.3 Å². The van der Waals surface area contributed by atoms with Gasteiger partial charge in [-0.25, -0.2) is 0 Å². The monoisotopic (exact) mass is 300 g/mol. The molecule has 0 bridgehead atoms. The molecule has 5 heteroatoms. The van der Waals surface area contributed by atoms with E-state index in [1.165, 1.54) is 5.69 Å². The molecule has 0 spiro atoms. The Morgan fingerprint density at radius 3 is 2.50 bits per heavy atom. The van der Waals surface area contributed by atoms with Crippen LogP contribution in [-0.4, -0.2) is 50.1 Å². The van der Waals surface area contributed by atoms with E-state index in [-0.39, 0.29) is 12.0 Å². The van der Waals surface area contributed by atoms with Crippen LogP contribution in [-0.2, 0) is 4.79 Å². The summed E-state index contributed by atoms with van der Waals surface area (Å²) in [5.41, 5.74) is 1.25. The number of rotatable bonds is 3. The highest BCUT2D eigenvalue weighted by Gasteiger charge is 2.33. The molecule has 1 aromatic rings. The average molecular weight is 300 g/mol. The highest BCUT2D eigenvalue weighted by molar-refractivity contribution is 5.79. The Morgan fingerprint density at radius 2 is 1.82 bits per heavy atom. The van der Waals surface area contributed by atoms with Gasteiger partial charge in [0.05, 0.1) is 6.04 Å². The zero-order chi connectivity index (χ0) is 15.4. The molecule has 1 amide bonds. The summed E-state index contributed by atoms with van der Waals surface area (Å²) in [6.45, 7) is 3.48. The van der Waals surface area contributed by atoms with Crippen molar-refractivity contribution in [2.24, 2.45) is 16.1 Å². The first kappa shape index (κ1) is 15.0. The standard InChI is InChI=1S/C17H24N4O/c1-18-19-15-8-7-14(13-15)17(22)21-11-9-20(10-12-21)16-5-3-2-4-6-16/h2-6,14-15H,7-13H2,1H3/t14-,15-/m0/s1. The maximum absolute atomic E-state index is 12.6. The average Bonchev–Trinajstić information content (AvgIpc) is 3.04. The molecule has 3 rings (SSSR count). The molecule has 2 aliphatic rings. The van der Waals surface area contributed by atoms with Crippen LogP contribution in [0.3, 0.4) is 0 Å². The van der Waals surface area contributed by atoms with Crippen LogP contribution in [0.4, 0.5) is 5.69 Å². The number of hydrogen-bond acceptors (Lipinski definition) is 4. The Balaban J connectivity index is 1.52. The lowest BCUT2D eigenvalue weighted by molar-refractivity contribution is -0.135. The molecule has 0 radical (unpaired) electrons. The summed E-state index contributed by atoms with van der Waals surface area (Å²) in [5.74, 6) is 0.472. The van der Waals surface area contributed by atoms with Gasteiger partial charge in [0.1, 0.15) is 0 Å². The van der Waals surface area contributed by atoms with E-state index in [1.807, 2.05) is 11.0 Å². The molecule has 1 aliphatic carbocycles. The number of hydrogen-bond donors (Lipinski definition) is 0. The molecule has 1 heterocycles. The smallest absolute Gasteiger partial charge is 0.225 e. The SMILES string of the molecule is CN=N[C@H]1CC[C@H](C(=O)N2CCN(c3ccccc3)CC2)C1. The number of azo groups is 1. The minimum absolute atomic E-state index is 0.152. The normalized spacial score (nSPS) is 25.9. The van der Waals surface area contributed by atoms with Crippen molar-refractivity contribution in [2.45, 2.75) is 25.3 Å². The number of benzene rings is 1. The number of carbonyl (C=O) groups excluding carboxylic acids is 1. The van der Waals surface area contributed by atoms with Crippen LogP contribution in [0.2, 0.25) is 0 Å². The largest absolute Gasteiger partial charge is 0.368 e. The van der Waals surface area contributed by atoms with Gasteiger partial charge in [-0.3, -0.25) is 4.79 Å². The molecule has 1 aromatic carbocycles. The number of anilines is 1. The molecule has 2 atom stereocenters. The van der Waals surface area contributed by atoms with Crippen LogP contribution < -0.4 is 4.90 Å². The third-order valence-electron chi connectivity index (χ3n) is 4.75. The molecule has 0 unspecified atom stereocenters. The lowest BCUT2D eigenvalue weighted by Crippen LogP contribution is -2.50. The lowest BCUT2D eigenvalue weighted by atomic mass is 10.1. The summed E-state index contributed by atoms with van der Waals surface area (Å²) in [6, 6.07) is 10.7. The van der Waals surface area contributed by atoms with Gasteiger partial charge in [0.2, 0.25) is 5.91 Å². The number of amides is 1. The van der Waals surface area contributed by atoms with Gasteiger partial charge >= 0.3 is 0 Å². The number of para-hydroxylation sites is 1. The van der Waals surface area contributed by atoms with Crippen molar-refractivity contribution >= 4 is 11.6 Å². The zero-order valence-corrected chi connectivity index (χ0v) is 13.2. The van der Waals surface area contributed by atoms with E-state index < -0.39 is 0 Å². The summed E-state index contributed by atoms with van der Waals surface area (Å²) in [4.78, 5) is 17.0. The summed E-state index contributed by atoms with van der Waals surface area (Å²) in [6.07, 6.45) is 2.83. The van der Waals surface area contributed by atoms with Crippen molar-refractivity contribution in [1.29, 1.82) is 0 Å². The summed E-state index contributed by atoms with van der Waals surface area (Å²) in [7, 11) is 1.71. The topological polar surface area (TPSA) is 48.3 Å². The quantitative estimate of drug-likeness (QED) is 0.806. The van der Waals surface area contributed by atoms with Gasteiger partial charge < -0.3 is 9.80 Å². The fourth-order valence-corrected chi connectivity index (χ4v) is 3.53. The molecule has 0 aromatic heterocycles. The van der Waals surface area contributed by atoms with Crippen LogP contribution in [0, 0.1) is 5.92 Å². The van der Waals surface area contributed by atoms with Crippen molar-refractivity contribution in [3.63, 3.8) is 0 Å². The predicted octanol–water partition coefficient (Wildman–Crippen LogP) is 2.59. The number of nitrogens with zero attached hydrogens (tertiary/aromatic N) is 4. The van der Waals surface area contributed by atoms with Gasteiger partial charge in [-0.15, -0.1) is 0 Å². The molecule has 1 saturated heterocycles. The molecule has 1 aliphatic heterocycles. The second-order valence-corrected chi connectivity index (χ2v) is 6.13. The Kier molecular flexibility index (Phi) is 4.71. The van der Waals surface area contributed by atoms with E-state index in [4.69, 9.17) is 0 Å². The molecular formula is C17H24N4O. The van der Waals surface area contributed by atoms with Crippen molar-refractivity contribution in [3.8, 4) is 0 Å². The minimum atomic E-state index is 0.152. The van der Waals surface area contributed by atoms with Crippen LogP contribution >= 0.6 is 0 Å². The van der Waals surface area contributed by atoms with Crippen molar-refractivity contribution < 1.29 is 4.79 Å². The molecule has 22 heavy (non-hydrogen) atoms. The highest BCUT2D eigenvalue weighted by atomic mass is 16.2. The predicted molar refractivity (Wildman–Crippen MR) is 87.1 cm³/mol. The molecule has 5 nitrogen and oxygen atoms in total. The van der Waals surface area contributed by atoms with Gasteiger partial charge in [-0.1, -0.05) is 18.2 Å². The zero-order valence-electron chi connectivity index (χ0n) is 13.2. The van der Waals surface area contributed by atoms with E-state index in [0.29, 0.717) is 5.91 Å². The van der Waals surface area contributed by atoms with Crippen LogP contribution in [0.1, 0.15) is 19.3 Å².